The number of carbonyl (C=O) groups excluding carboxylic acids is 2. The molecule has 0 radical (unpaired) electrons. The molecule has 0 aliphatic rings. The van der Waals surface area contributed by atoms with Crippen LogP contribution in [0.2, 0.25) is 0 Å². The highest BCUT2D eigenvalue weighted by Gasteiger charge is 2.09. The molecular weight excluding hydrogens is 296 g/mol. The molecule has 0 unspecified atom stereocenters. The first-order valence-electron chi connectivity index (χ1n) is 5.97. The third kappa shape index (κ3) is 6.17. The van der Waals surface area contributed by atoms with Crippen LogP contribution in [0.5, 0.6) is 5.75 Å². The zero-order valence-electron chi connectivity index (χ0n) is 11.6. The molecule has 114 valence electrons. The normalized spacial score (nSPS) is 9.81. The van der Waals surface area contributed by atoms with E-state index in [-0.39, 0.29) is 23.3 Å². The van der Waals surface area contributed by atoms with E-state index in [1.54, 1.807) is 18.2 Å². The van der Waals surface area contributed by atoms with Crippen LogP contribution in [0.4, 0.5) is 11.4 Å². The van der Waals surface area contributed by atoms with Crippen molar-refractivity contribution in [2.75, 3.05) is 29.2 Å². The molecule has 8 heteroatoms. The van der Waals surface area contributed by atoms with Crippen molar-refractivity contribution in [1.29, 1.82) is 0 Å². The Balaban J connectivity index is 2.65. The predicted molar refractivity (Wildman–Crippen MR) is 80.9 cm³/mol. The molecule has 0 saturated heterocycles. The molecule has 0 atom stereocenters. The van der Waals surface area contributed by atoms with Gasteiger partial charge in [-0.25, -0.2) is 0 Å². The smallest absolute Gasteiger partial charge is 0.313 e. The Kier molecular flexibility index (Phi) is 6.54. The van der Waals surface area contributed by atoms with Gasteiger partial charge >= 0.3 is 5.97 Å². The number of benzene rings is 1. The van der Waals surface area contributed by atoms with E-state index < -0.39 is 5.97 Å². The lowest BCUT2D eigenvalue weighted by molar-refractivity contribution is -0.133. The van der Waals surface area contributed by atoms with Gasteiger partial charge in [-0.05, 0) is 12.1 Å². The average molecular weight is 312 g/mol. The molecule has 1 rings (SSSR count). The molecule has 2 amide bonds. The summed E-state index contributed by atoms with van der Waals surface area (Å²) in [5.74, 6) is -1.17. The summed E-state index contributed by atoms with van der Waals surface area (Å²) in [6.07, 6.45) is 0. The minimum atomic E-state index is -0.964. The molecule has 21 heavy (non-hydrogen) atoms. The number of thioether (sulfide) groups is 1. The lowest BCUT2D eigenvalue weighted by Gasteiger charge is -2.11. The van der Waals surface area contributed by atoms with E-state index in [0.29, 0.717) is 17.1 Å². The van der Waals surface area contributed by atoms with Gasteiger partial charge in [0.1, 0.15) is 5.75 Å². The Morgan fingerprint density at radius 2 is 1.95 bits per heavy atom. The van der Waals surface area contributed by atoms with Crippen molar-refractivity contribution in [3.8, 4) is 5.75 Å². The average Bonchev–Trinajstić information content (AvgIpc) is 2.39. The molecule has 1 aromatic carbocycles. The van der Waals surface area contributed by atoms with Crippen LogP contribution in [0.15, 0.2) is 18.2 Å². The summed E-state index contributed by atoms with van der Waals surface area (Å²) in [4.78, 5) is 33.0. The van der Waals surface area contributed by atoms with Crippen LogP contribution in [0.3, 0.4) is 0 Å². The number of carboxylic acid groups (broad SMARTS) is 1. The van der Waals surface area contributed by atoms with Gasteiger partial charge in [-0.2, -0.15) is 0 Å². The van der Waals surface area contributed by atoms with Gasteiger partial charge in [0.15, 0.2) is 0 Å². The Bertz CT molecular complexity index is 547. The monoisotopic (exact) mass is 312 g/mol. The van der Waals surface area contributed by atoms with Gasteiger partial charge in [0.25, 0.3) is 0 Å². The topological polar surface area (TPSA) is 105 Å². The molecule has 0 saturated carbocycles. The number of aliphatic carboxylic acids is 1. The number of anilines is 2. The van der Waals surface area contributed by atoms with Crippen molar-refractivity contribution < 1.29 is 24.2 Å². The van der Waals surface area contributed by atoms with E-state index in [9.17, 15) is 14.4 Å². The first-order valence-corrected chi connectivity index (χ1v) is 7.13. The summed E-state index contributed by atoms with van der Waals surface area (Å²) in [6.45, 7) is 1.38. The van der Waals surface area contributed by atoms with E-state index >= 15 is 0 Å². The molecule has 0 spiro atoms. The fourth-order valence-electron chi connectivity index (χ4n) is 1.49. The van der Waals surface area contributed by atoms with Gasteiger partial charge in [-0.1, -0.05) is 0 Å². The maximum atomic E-state index is 11.6. The summed E-state index contributed by atoms with van der Waals surface area (Å²) in [5.41, 5.74) is 1.00. The molecule has 0 heterocycles. The zero-order valence-corrected chi connectivity index (χ0v) is 12.5. The largest absolute Gasteiger partial charge is 0.494 e. The van der Waals surface area contributed by atoms with Gasteiger partial charge in [0.05, 0.1) is 24.3 Å². The molecule has 0 aromatic heterocycles. The highest BCUT2D eigenvalue weighted by Crippen LogP contribution is 2.28. The summed E-state index contributed by atoms with van der Waals surface area (Å²) in [5, 5.41) is 13.7. The Morgan fingerprint density at radius 3 is 2.52 bits per heavy atom. The minimum absolute atomic E-state index is 0.0437. The number of methoxy groups -OCH3 is 1. The van der Waals surface area contributed by atoms with E-state index in [2.05, 4.69) is 10.6 Å². The van der Waals surface area contributed by atoms with E-state index in [4.69, 9.17) is 9.84 Å². The van der Waals surface area contributed by atoms with Crippen LogP contribution in [0.1, 0.15) is 6.92 Å². The number of ether oxygens (including phenoxy) is 1. The maximum Gasteiger partial charge on any atom is 0.313 e. The van der Waals surface area contributed by atoms with Gasteiger partial charge in [-0.3, -0.25) is 14.4 Å². The second kappa shape index (κ2) is 8.15. The molecule has 0 fully saturated rings. The second-order valence-electron chi connectivity index (χ2n) is 4.03. The third-order valence-electron chi connectivity index (χ3n) is 2.25. The number of hydrogen-bond acceptors (Lipinski definition) is 5. The lowest BCUT2D eigenvalue weighted by Crippen LogP contribution is -2.15. The Labute approximate surface area is 126 Å². The molecule has 0 aliphatic heterocycles. The van der Waals surface area contributed by atoms with E-state index in [1.165, 1.54) is 14.0 Å². The van der Waals surface area contributed by atoms with Crippen molar-refractivity contribution in [2.24, 2.45) is 0 Å². The number of rotatable bonds is 7. The van der Waals surface area contributed by atoms with Crippen LogP contribution in [-0.2, 0) is 14.4 Å². The molecule has 7 nitrogen and oxygen atoms in total. The van der Waals surface area contributed by atoms with Gasteiger partial charge in [0.2, 0.25) is 11.8 Å². The predicted octanol–water partition coefficient (Wildman–Crippen LogP) is 1.41. The number of carboxylic acids is 1. The van der Waals surface area contributed by atoms with Crippen LogP contribution >= 0.6 is 11.8 Å². The van der Waals surface area contributed by atoms with Crippen LogP contribution in [0.25, 0.3) is 0 Å². The summed E-state index contributed by atoms with van der Waals surface area (Å²) < 4.78 is 5.13. The number of hydrogen-bond donors (Lipinski definition) is 3. The van der Waals surface area contributed by atoms with Crippen LogP contribution < -0.4 is 15.4 Å². The molecule has 0 aliphatic carbocycles. The zero-order chi connectivity index (χ0) is 15.8. The molecule has 3 N–H and O–H groups in total. The Morgan fingerprint density at radius 1 is 1.24 bits per heavy atom. The fraction of sp³-hybridized carbons (Fsp3) is 0.308. The molecule has 0 bridgehead atoms. The van der Waals surface area contributed by atoms with Crippen LogP contribution in [0, 0.1) is 0 Å². The van der Waals surface area contributed by atoms with Gasteiger partial charge in [0, 0.05) is 18.7 Å². The number of amides is 2. The summed E-state index contributed by atoms with van der Waals surface area (Å²) in [6, 6.07) is 4.80. The standard InChI is InChI=1S/C13H16N2O5S/c1-8(16)14-10-4-3-9(5-11(10)20-2)15-12(17)6-21-7-13(18)19/h3-5H,6-7H2,1-2H3,(H,14,16)(H,15,17)(H,18,19). The highest BCUT2D eigenvalue weighted by atomic mass is 32.2. The maximum absolute atomic E-state index is 11.6. The lowest BCUT2D eigenvalue weighted by atomic mass is 10.2. The molecular formula is C13H16N2O5S. The summed E-state index contributed by atoms with van der Waals surface area (Å²) >= 11 is 1.01. The van der Waals surface area contributed by atoms with Crippen molar-refractivity contribution in [2.45, 2.75) is 6.92 Å². The third-order valence-corrected chi connectivity index (χ3v) is 3.17. The SMILES string of the molecule is COc1cc(NC(=O)CSCC(=O)O)ccc1NC(C)=O. The van der Waals surface area contributed by atoms with Crippen molar-refractivity contribution in [1.82, 2.24) is 0 Å². The van der Waals surface area contributed by atoms with E-state index in [0.717, 1.165) is 11.8 Å². The second-order valence-corrected chi connectivity index (χ2v) is 5.02. The fourth-order valence-corrected chi connectivity index (χ4v) is 2.02. The van der Waals surface area contributed by atoms with Crippen molar-refractivity contribution in [3.63, 3.8) is 0 Å². The van der Waals surface area contributed by atoms with Crippen LogP contribution in [-0.4, -0.2) is 41.5 Å². The number of carbonyl (C=O) groups is 3. The Hall–Kier alpha value is -2.22. The minimum Gasteiger partial charge on any atom is -0.494 e. The highest BCUT2D eigenvalue weighted by molar-refractivity contribution is 8.00. The first-order chi connectivity index (χ1) is 9.92. The number of nitrogens with one attached hydrogen (secondary N) is 2. The molecule has 1 aromatic rings. The summed E-state index contributed by atoms with van der Waals surface area (Å²) in [7, 11) is 1.45. The van der Waals surface area contributed by atoms with Crippen molar-refractivity contribution in [3.05, 3.63) is 18.2 Å². The first kappa shape index (κ1) is 16.8. The van der Waals surface area contributed by atoms with Crippen molar-refractivity contribution >= 4 is 40.9 Å². The van der Waals surface area contributed by atoms with Gasteiger partial charge in [-0.15, -0.1) is 11.8 Å². The van der Waals surface area contributed by atoms with Gasteiger partial charge < -0.3 is 20.5 Å². The van der Waals surface area contributed by atoms with E-state index in [1.807, 2.05) is 0 Å². The quantitative estimate of drug-likeness (QED) is 0.703.